The van der Waals surface area contributed by atoms with Gasteiger partial charge in [0.15, 0.2) is 11.5 Å². The Labute approximate surface area is 121 Å². The third kappa shape index (κ3) is 4.78. The van der Waals surface area contributed by atoms with Crippen LogP contribution in [0.1, 0.15) is 26.3 Å². The molecule has 1 aromatic carbocycles. The fourth-order valence-electron chi connectivity index (χ4n) is 1.69. The highest BCUT2D eigenvalue weighted by molar-refractivity contribution is 5.54. The summed E-state index contributed by atoms with van der Waals surface area (Å²) in [4.78, 5) is 0. The van der Waals surface area contributed by atoms with Crippen molar-refractivity contribution in [2.45, 2.75) is 32.9 Å². The molecule has 112 valence electrons. The van der Waals surface area contributed by atoms with E-state index in [1.54, 1.807) is 20.3 Å². The zero-order valence-electron chi connectivity index (χ0n) is 13.1. The van der Waals surface area contributed by atoms with Crippen molar-refractivity contribution in [2.75, 3.05) is 20.8 Å². The monoisotopic (exact) mass is 279 g/mol. The Balaban J connectivity index is 3.02. The number of hydrogen-bond donors (Lipinski definition) is 1. The van der Waals surface area contributed by atoms with E-state index in [-0.39, 0.29) is 5.54 Å². The van der Waals surface area contributed by atoms with Crippen molar-refractivity contribution in [3.63, 3.8) is 0 Å². The van der Waals surface area contributed by atoms with Crippen LogP contribution in [0.3, 0.4) is 0 Å². The highest BCUT2D eigenvalue weighted by Crippen LogP contribution is 2.38. The molecule has 4 nitrogen and oxygen atoms in total. The van der Waals surface area contributed by atoms with Crippen LogP contribution in [-0.2, 0) is 6.54 Å². The predicted octanol–water partition coefficient (Wildman–Crippen LogP) is 3.16. The van der Waals surface area contributed by atoms with Gasteiger partial charge in [-0.05, 0) is 38.5 Å². The topological polar surface area (TPSA) is 39.7 Å². The fraction of sp³-hybridized carbons (Fsp3) is 0.500. The Morgan fingerprint density at radius 1 is 1.15 bits per heavy atom. The lowest BCUT2D eigenvalue weighted by Gasteiger charge is -2.21. The molecule has 1 rings (SSSR count). The summed E-state index contributed by atoms with van der Waals surface area (Å²) >= 11 is 0. The van der Waals surface area contributed by atoms with Crippen molar-refractivity contribution < 1.29 is 14.2 Å². The maximum atomic E-state index is 5.61. The van der Waals surface area contributed by atoms with Gasteiger partial charge in [0, 0.05) is 12.1 Å². The molecule has 0 radical (unpaired) electrons. The fourth-order valence-corrected chi connectivity index (χ4v) is 1.69. The minimum atomic E-state index is 0.0540. The molecule has 0 aliphatic carbocycles. The Bertz CT molecular complexity index is 425. The molecule has 0 aliphatic rings. The van der Waals surface area contributed by atoms with Crippen molar-refractivity contribution in [1.29, 1.82) is 0 Å². The maximum absolute atomic E-state index is 5.61. The number of benzene rings is 1. The quantitative estimate of drug-likeness (QED) is 0.778. The number of ether oxygens (including phenoxy) is 3. The first kappa shape index (κ1) is 16.4. The first-order chi connectivity index (χ1) is 9.41. The minimum absolute atomic E-state index is 0.0540. The average molecular weight is 279 g/mol. The molecule has 0 unspecified atom stereocenters. The second-order valence-corrected chi connectivity index (χ2v) is 5.53. The Kier molecular flexibility index (Phi) is 5.89. The third-order valence-electron chi connectivity index (χ3n) is 2.69. The summed E-state index contributed by atoms with van der Waals surface area (Å²) in [6.45, 7) is 11.2. The molecule has 0 atom stereocenters. The van der Waals surface area contributed by atoms with Gasteiger partial charge >= 0.3 is 0 Å². The second kappa shape index (κ2) is 7.20. The SMILES string of the molecule is C=CCOc1c(OC)cc(CNC(C)(C)C)cc1OC. The van der Waals surface area contributed by atoms with Crippen molar-refractivity contribution in [2.24, 2.45) is 0 Å². The predicted molar refractivity (Wildman–Crippen MR) is 81.8 cm³/mol. The number of nitrogens with one attached hydrogen (secondary N) is 1. The van der Waals surface area contributed by atoms with Crippen LogP contribution in [0.15, 0.2) is 24.8 Å². The van der Waals surface area contributed by atoms with Gasteiger partial charge in [-0.1, -0.05) is 12.7 Å². The Morgan fingerprint density at radius 3 is 2.10 bits per heavy atom. The van der Waals surface area contributed by atoms with Crippen LogP contribution in [0.25, 0.3) is 0 Å². The molecule has 0 fully saturated rings. The van der Waals surface area contributed by atoms with Gasteiger partial charge in [0.2, 0.25) is 5.75 Å². The normalized spacial score (nSPS) is 11.1. The van der Waals surface area contributed by atoms with Crippen molar-refractivity contribution in [3.05, 3.63) is 30.4 Å². The van der Waals surface area contributed by atoms with Gasteiger partial charge in [0.1, 0.15) is 6.61 Å². The van der Waals surface area contributed by atoms with Gasteiger partial charge in [-0.25, -0.2) is 0 Å². The first-order valence-electron chi connectivity index (χ1n) is 6.65. The third-order valence-corrected chi connectivity index (χ3v) is 2.69. The molecule has 0 spiro atoms. The van der Waals surface area contributed by atoms with Crippen LogP contribution in [0, 0.1) is 0 Å². The summed E-state index contributed by atoms with van der Waals surface area (Å²) in [5.41, 5.74) is 1.14. The summed E-state index contributed by atoms with van der Waals surface area (Å²) in [5.74, 6) is 1.93. The zero-order valence-corrected chi connectivity index (χ0v) is 13.1. The molecule has 0 heterocycles. The lowest BCUT2D eigenvalue weighted by atomic mass is 10.1. The lowest BCUT2D eigenvalue weighted by Crippen LogP contribution is -2.35. The van der Waals surface area contributed by atoms with Crippen LogP contribution < -0.4 is 19.5 Å². The largest absolute Gasteiger partial charge is 0.493 e. The summed E-state index contributed by atoms with van der Waals surface area (Å²) < 4.78 is 16.4. The molecule has 0 aromatic heterocycles. The summed E-state index contributed by atoms with van der Waals surface area (Å²) in [6.07, 6.45) is 1.69. The average Bonchev–Trinajstić information content (AvgIpc) is 2.41. The van der Waals surface area contributed by atoms with Gasteiger partial charge in [-0.15, -0.1) is 0 Å². The number of methoxy groups -OCH3 is 2. The summed E-state index contributed by atoms with van der Waals surface area (Å²) in [7, 11) is 3.24. The van der Waals surface area contributed by atoms with Gasteiger partial charge in [-0.2, -0.15) is 0 Å². The van der Waals surface area contributed by atoms with Crippen molar-refractivity contribution >= 4 is 0 Å². The molecule has 0 saturated heterocycles. The van der Waals surface area contributed by atoms with E-state index in [4.69, 9.17) is 14.2 Å². The molecule has 1 aromatic rings. The number of rotatable bonds is 7. The van der Waals surface area contributed by atoms with E-state index >= 15 is 0 Å². The molecular formula is C16H25NO3. The van der Waals surface area contributed by atoms with E-state index in [9.17, 15) is 0 Å². The van der Waals surface area contributed by atoms with Gasteiger partial charge in [0.05, 0.1) is 14.2 Å². The minimum Gasteiger partial charge on any atom is -0.493 e. The molecule has 0 saturated carbocycles. The molecule has 1 N–H and O–H groups in total. The van der Waals surface area contributed by atoms with Crippen LogP contribution in [0.2, 0.25) is 0 Å². The standard InChI is InChI=1S/C16H25NO3/c1-7-8-20-15-13(18-5)9-12(10-14(15)19-6)11-17-16(2,3)4/h7,9-10,17H,1,8,11H2,2-6H3. The van der Waals surface area contributed by atoms with Gasteiger partial charge in [-0.3, -0.25) is 0 Å². The van der Waals surface area contributed by atoms with Crippen LogP contribution in [0.5, 0.6) is 17.2 Å². The van der Waals surface area contributed by atoms with Crippen LogP contribution in [-0.4, -0.2) is 26.4 Å². The highest BCUT2D eigenvalue weighted by atomic mass is 16.5. The van der Waals surface area contributed by atoms with E-state index in [0.717, 1.165) is 12.1 Å². The molecule has 0 amide bonds. The molecule has 20 heavy (non-hydrogen) atoms. The summed E-state index contributed by atoms with van der Waals surface area (Å²) in [5, 5.41) is 3.44. The Hall–Kier alpha value is -1.68. The highest BCUT2D eigenvalue weighted by Gasteiger charge is 2.15. The van der Waals surface area contributed by atoms with Crippen LogP contribution in [0.4, 0.5) is 0 Å². The number of hydrogen-bond acceptors (Lipinski definition) is 4. The first-order valence-corrected chi connectivity index (χ1v) is 6.65. The van der Waals surface area contributed by atoms with Gasteiger partial charge in [0.25, 0.3) is 0 Å². The summed E-state index contributed by atoms with van der Waals surface area (Å²) in [6, 6.07) is 3.92. The van der Waals surface area contributed by atoms with Crippen LogP contribution >= 0.6 is 0 Å². The zero-order chi connectivity index (χ0) is 15.2. The molecule has 0 aliphatic heterocycles. The second-order valence-electron chi connectivity index (χ2n) is 5.53. The Morgan fingerprint density at radius 2 is 1.70 bits per heavy atom. The van der Waals surface area contributed by atoms with Crippen molar-refractivity contribution in [1.82, 2.24) is 5.32 Å². The maximum Gasteiger partial charge on any atom is 0.203 e. The van der Waals surface area contributed by atoms with E-state index in [1.165, 1.54) is 0 Å². The van der Waals surface area contributed by atoms with E-state index in [0.29, 0.717) is 23.9 Å². The smallest absolute Gasteiger partial charge is 0.203 e. The van der Waals surface area contributed by atoms with Crippen molar-refractivity contribution in [3.8, 4) is 17.2 Å². The molecule has 0 bridgehead atoms. The van der Waals surface area contributed by atoms with E-state index in [1.807, 2.05) is 12.1 Å². The van der Waals surface area contributed by atoms with Gasteiger partial charge < -0.3 is 19.5 Å². The van der Waals surface area contributed by atoms with E-state index in [2.05, 4.69) is 32.7 Å². The molecule has 4 heteroatoms. The molecular weight excluding hydrogens is 254 g/mol. The van der Waals surface area contributed by atoms with E-state index < -0.39 is 0 Å². The lowest BCUT2D eigenvalue weighted by molar-refractivity contribution is 0.300.